The Morgan fingerprint density at radius 3 is 1.86 bits per heavy atom. The van der Waals surface area contributed by atoms with Crippen molar-refractivity contribution in [1.29, 1.82) is 0 Å². The number of hydrogen-bond donors (Lipinski definition) is 0. The van der Waals surface area contributed by atoms with Crippen molar-refractivity contribution in [1.82, 2.24) is 9.80 Å². The topological polar surface area (TPSA) is 30.0 Å². The first kappa shape index (κ1) is 18.7. The number of rotatable bonds is 4. The van der Waals surface area contributed by atoms with Gasteiger partial charge in [-0.1, -0.05) is 18.2 Å². The molecule has 0 N–H and O–H groups in total. The van der Waals surface area contributed by atoms with E-state index in [-0.39, 0.29) is 11.7 Å². The molecule has 2 fully saturated rings. The molecule has 0 radical (unpaired) electrons. The van der Waals surface area contributed by atoms with Crippen molar-refractivity contribution in [3.8, 4) is 0 Å². The van der Waals surface area contributed by atoms with Crippen LogP contribution in [0, 0.1) is 5.82 Å². The van der Waals surface area contributed by atoms with Crippen LogP contribution in [0.1, 0.15) is 0 Å². The molecule has 0 aliphatic carbocycles. The SMILES string of the molecule is O=C(CN1CCN(c2ccccc2)CC1)N1CCN(c2ccc(F)cc2)CC1. The first-order chi connectivity index (χ1) is 13.7. The predicted octanol–water partition coefficient (Wildman–Crippen LogP) is 2.30. The number of benzene rings is 2. The summed E-state index contributed by atoms with van der Waals surface area (Å²) < 4.78 is 13.1. The zero-order valence-corrected chi connectivity index (χ0v) is 16.1. The van der Waals surface area contributed by atoms with E-state index in [2.05, 4.69) is 39.0 Å². The van der Waals surface area contributed by atoms with Crippen LogP contribution in [0.4, 0.5) is 15.8 Å². The van der Waals surface area contributed by atoms with Crippen molar-refractivity contribution in [2.75, 3.05) is 68.7 Å². The van der Waals surface area contributed by atoms with Gasteiger partial charge in [-0.2, -0.15) is 0 Å². The summed E-state index contributed by atoms with van der Waals surface area (Å²) in [5.41, 5.74) is 2.27. The highest BCUT2D eigenvalue weighted by atomic mass is 19.1. The normalized spacial score (nSPS) is 18.4. The lowest BCUT2D eigenvalue weighted by Crippen LogP contribution is -2.54. The summed E-state index contributed by atoms with van der Waals surface area (Å²) in [6.45, 7) is 7.26. The Labute approximate surface area is 165 Å². The summed E-state index contributed by atoms with van der Waals surface area (Å²) >= 11 is 0. The molecule has 28 heavy (non-hydrogen) atoms. The molecule has 2 aromatic carbocycles. The largest absolute Gasteiger partial charge is 0.369 e. The van der Waals surface area contributed by atoms with Crippen LogP contribution in [0.15, 0.2) is 54.6 Å². The maximum atomic E-state index is 13.1. The van der Waals surface area contributed by atoms with E-state index in [4.69, 9.17) is 0 Å². The lowest BCUT2D eigenvalue weighted by molar-refractivity contribution is -0.132. The summed E-state index contributed by atoms with van der Waals surface area (Å²) in [6, 6.07) is 17.0. The molecule has 1 amide bonds. The predicted molar refractivity (Wildman–Crippen MR) is 110 cm³/mol. The maximum absolute atomic E-state index is 13.1. The molecular formula is C22H27FN4O. The number of hydrogen-bond acceptors (Lipinski definition) is 4. The number of para-hydroxylation sites is 1. The molecule has 0 saturated carbocycles. The van der Waals surface area contributed by atoms with Crippen molar-refractivity contribution < 1.29 is 9.18 Å². The van der Waals surface area contributed by atoms with Gasteiger partial charge in [-0.05, 0) is 36.4 Å². The van der Waals surface area contributed by atoms with Gasteiger partial charge in [-0.25, -0.2) is 4.39 Å². The van der Waals surface area contributed by atoms with Crippen LogP contribution in [-0.4, -0.2) is 74.6 Å². The number of amides is 1. The summed E-state index contributed by atoms with van der Waals surface area (Å²) in [4.78, 5) is 21.5. The number of carbonyl (C=O) groups is 1. The first-order valence-electron chi connectivity index (χ1n) is 10.00. The van der Waals surface area contributed by atoms with Crippen LogP contribution in [-0.2, 0) is 4.79 Å². The van der Waals surface area contributed by atoms with Gasteiger partial charge in [0, 0.05) is 63.7 Å². The van der Waals surface area contributed by atoms with E-state index < -0.39 is 0 Å². The van der Waals surface area contributed by atoms with Crippen LogP contribution in [0.3, 0.4) is 0 Å². The third-order valence-electron chi connectivity index (χ3n) is 5.68. The van der Waals surface area contributed by atoms with Crippen molar-refractivity contribution in [2.45, 2.75) is 0 Å². The van der Waals surface area contributed by atoms with E-state index in [9.17, 15) is 9.18 Å². The van der Waals surface area contributed by atoms with Crippen molar-refractivity contribution in [3.63, 3.8) is 0 Å². The molecule has 0 atom stereocenters. The highest BCUT2D eigenvalue weighted by Gasteiger charge is 2.25. The third-order valence-corrected chi connectivity index (χ3v) is 5.68. The van der Waals surface area contributed by atoms with E-state index in [1.54, 1.807) is 12.1 Å². The van der Waals surface area contributed by atoms with E-state index >= 15 is 0 Å². The number of anilines is 2. The molecule has 5 nitrogen and oxygen atoms in total. The molecule has 2 heterocycles. The standard InChI is InChI=1S/C22H27FN4O/c23-19-6-8-21(9-7-19)26-14-16-27(17-15-26)22(28)18-24-10-12-25(13-11-24)20-4-2-1-3-5-20/h1-9H,10-18H2. The number of piperazine rings is 2. The summed E-state index contributed by atoms with van der Waals surface area (Å²) in [5.74, 6) is -0.00292. The smallest absolute Gasteiger partial charge is 0.236 e. The summed E-state index contributed by atoms with van der Waals surface area (Å²) in [5, 5.41) is 0. The highest BCUT2D eigenvalue weighted by Crippen LogP contribution is 2.18. The van der Waals surface area contributed by atoms with Crippen LogP contribution < -0.4 is 9.80 Å². The lowest BCUT2D eigenvalue weighted by Gasteiger charge is -2.39. The van der Waals surface area contributed by atoms with Gasteiger partial charge in [-0.15, -0.1) is 0 Å². The Morgan fingerprint density at radius 2 is 1.25 bits per heavy atom. The number of nitrogens with zero attached hydrogens (tertiary/aromatic N) is 4. The fraction of sp³-hybridized carbons (Fsp3) is 0.409. The Kier molecular flexibility index (Phi) is 5.76. The van der Waals surface area contributed by atoms with Crippen LogP contribution >= 0.6 is 0 Å². The van der Waals surface area contributed by atoms with Crippen molar-refractivity contribution >= 4 is 17.3 Å². The van der Waals surface area contributed by atoms with Crippen molar-refractivity contribution in [3.05, 3.63) is 60.4 Å². The lowest BCUT2D eigenvalue weighted by atomic mass is 10.2. The molecule has 0 aromatic heterocycles. The molecule has 0 unspecified atom stereocenters. The second kappa shape index (κ2) is 8.61. The molecule has 148 valence electrons. The molecule has 2 aromatic rings. The average molecular weight is 382 g/mol. The Hall–Kier alpha value is -2.60. The van der Waals surface area contributed by atoms with Crippen LogP contribution in [0.5, 0.6) is 0 Å². The molecule has 2 aliphatic rings. The average Bonchev–Trinajstić information content (AvgIpc) is 2.75. The maximum Gasteiger partial charge on any atom is 0.236 e. The molecule has 0 spiro atoms. The minimum absolute atomic E-state index is 0.215. The second-order valence-corrected chi connectivity index (χ2v) is 7.44. The van der Waals surface area contributed by atoms with Crippen LogP contribution in [0.2, 0.25) is 0 Å². The van der Waals surface area contributed by atoms with Crippen molar-refractivity contribution in [2.24, 2.45) is 0 Å². The zero-order valence-electron chi connectivity index (χ0n) is 16.1. The Morgan fingerprint density at radius 1 is 0.714 bits per heavy atom. The van der Waals surface area contributed by atoms with E-state index in [1.165, 1.54) is 17.8 Å². The van der Waals surface area contributed by atoms with Gasteiger partial charge >= 0.3 is 0 Å². The number of carbonyl (C=O) groups excluding carboxylic acids is 1. The number of halogens is 1. The zero-order chi connectivity index (χ0) is 19.3. The van der Waals surface area contributed by atoms with Gasteiger partial charge in [0.1, 0.15) is 5.82 Å². The highest BCUT2D eigenvalue weighted by molar-refractivity contribution is 5.78. The minimum atomic E-state index is -0.218. The Bertz CT molecular complexity index is 767. The van der Waals surface area contributed by atoms with Gasteiger partial charge in [0.15, 0.2) is 0 Å². The molecule has 6 heteroatoms. The molecule has 4 rings (SSSR count). The van der Waals surface area contributed by atoms with Gasteiger partial charge in [0.05, 0.1) is 6.54 Å². The van der Waals surface area contributed by atoms with Gasteiger partial charge in [-0.3, -0.25) is 9.69 Å². The molecular weight excluding hydrogens is 355 g/mol. The van der Waals surface area contributed by atoms with Gasteiger partial charge in [0.25, 0.3) is 0 Å². The van der Waals surface area contributed by atoms with E-state index in [1.807, 2.05) is 11.0 Å². The summed E-state index contributed by atoms with van der Waals surface area (Å²) in [6.07, 6.45) is 0. The minimum Gasteiger partial charge on any atom is -0.369 e. The quantitative estimate of drug-likeness (QED) is 0.812. The second-order valence-electron chi connectivity index (χ2n) is 7.44. The van der Waals surface area contributed by atoms with Gasteiger partial charge < -0.3 is 14.7 Å². The monoisotopic (exact) mass is 382 g/mol. The van der Waals surface area contributed by atoms with Gasteiger partial charge in [0.2, 0.25) is 5.91 Å². The molecule has 2 saturated heterocycles. The fourth-order valence-electron chi connectivity index (χ4n) is 3.96. The molecule has 2 aliphatic heterocycles. The fourth-order valence-corrected chi connectivity index (χ4v) is 3.96. The van der Waals surface area contributed by atoms with E-state index in [0.29, 0.717) is 6.54 Å². The van der Waals surface area contributed by atoms with Crippen LogP contribution in [0.25, 0.3) is 0 Å². The summed E-state index contributed by atoms with van der Waals surface area (Å²) in [7, 11) is 0. The molecule has 0 bridgehead atoms. The third kappa shape index (κ3) is 4.44. The van der Waals surface area contributed by atoms with E-state index in [0.717, 1.165) is 58.0 Å². The first-order valence-corrected chi connectivity index (χ1v) is 10.00. The Balaban J connectivity index is 1.22.